The Bertz CT molecular complexity index is 1590. The third-order valence-corrected chi connectivity index (χ3v) is 9.14. The minimum Gasteiger partial charge on any atom is -0.384 e. The molecule has 198 valence electrons. The van der Waals surface area contributed by atoms with Crippen molar-refractivity contribution in [3.8, 4) is 6.07 Å². The molecule has 0 saturated heterocycles. The van der Waals surface area contributed by atoms with Gasteiger partial charge >= 0.3 is 0 Å². The summed E-state index contributed by atoms with van der Waals surface area (Å²) in [6, 6.07) is 13.9. The van der Waals surface area contributed by atoms with Crippen LogP contribution in [-0.4, -0.2) is 27.6 Å². The number of nitrogens with zero attached hydrogens (tertiary/aromatic N) is 4. The fraction of sp³-hybridized carbons (Fsp3) is 0.222. The number of nitrogens with one attached hydrogen (secondary N) is 1. The molecular weight excluding hydrogens is 603 g/mol. The molecule has 2 aromatic carbocycles. The summed E-state index contributed by atoms with van der Waals surface area (Å²) < 4.78 is 16.2. The van der Waals surface area contributed by atoms with Crippen molar-refractivity contribution in [3.63, 3.8) is 0 Å². The van der Waals surface area contributed by atoms with Crippen LogP contribution in [0.4, 0.5) is 15.2 Å². The topological polar surface area (TPSA) is 125 Å². The SMILES string of the molecule is Cc1ccc(NC(=O)CSc2nnc(N3C(N)=C(C#N)C(c4ccccc4F)C4=C3CCCC4=O)s2)c(Br)c1. The summed E-state index contributed by atoms with van der Waals surface area (Å²) in [4.78, 5) is 27.3. The average Bonchev–Trinajstić information content (AvgIpc) is 3.37. The number of thioether (sulfide) groups is 1. The monoisotopic (exact) mass is 624 g/mol. The first-order valence-corrected chi connectivity index (χ1v) is 14.6. The molecule has 0 bridgehead atoms. The van der Waals surface area contributed by atoms with Crippen LogP contribution in [-0.2, 0) is 9.59 Å². The van der Waals surface area contributed by atoms with Crippen LogP contribution in [0.1, 0.15) is 36.3 Å². The number of allylic oxidation sites excluding steroid dienone is 3. The van der Waals surface area contributed by atoms with Gasteiger partial charge in [-0.2, -0.15) is 5.26 Å². The van der Waals surface area contributed by atoms with Gasteiger partial charge in [0, 0.05) is 27.7 Å². The van der Waals surface area contributed by atoms with Gasteiger partial charge in [0.1, 0.15) is 11.6 Å². The molecule has 1 atom stereocenters. The van der Waals surface area contributed by atoms with E-state index in [1.807, 2.05) is 25.1 Å². The molecule has 3 N–H and O–H groups in total. The Balaban J connectivity index is 1.42. The third-order valence-electron chi connectivity index (χ3n) is 6.44. The van der Waals surface area contributed by atoms with Crippen molar-refractivity contribution in [2.75, 3.05) is 16.0 Å². The summed E-state index contributed by atoms with van der Waals surface area (Å²) in [5, 5.41) is 21.8. The van der Waals surface area contributed by atoms with Gasteiger partial charge in [-0.15, -0.1) is 10.2 Å². The number of hydrogen-bond donors (Lipinski definition) is 2. The van der Waals surface area contributed by atoms with E-state index in [0.29, 0.717) is 45.7 Å². The van der Waals surface area contributed by atoms with Crippen LogP contribution >= 0.6 is 39.0 Å². The minimum atomic E-state index is -0.887. The highest BCUT2D eigenvalue weighted by molar-refractivity contribution is 9.10. The van der Waals surface area contributed by atoms with Crippen molar-refractivity contribution in [3.05, 3.63) is 86.5 Å². The lowest BCUT2D eigenvalue weighted by atomic mass is 9.75. The number of anilines is 2. The number of nitriles is 1. The molecule has 0 spiro atoms. The van der Waals surface area contributed by atoms with Crippen LogP contribution in [0.15, 0.2) is 73.9 Å². The molecule has 2 heterocycles. The minimum absolute atomic E-state index is 0.0848. The second kappa shape index (κ2) is 11.3. The lowest BCUT2D eigenvalue weighted by Gasteiger charge is -2.38. The molecule has 0 fully saturated rings. The molecule has 1 aliphatic carbocycles. The first-order chi connectivity index (χ1) is 18.8. The van der Waals surface area contributed by atoms with Gasteiger partial charge in [-0.05, 0) is 59.5 Å². The molecule has 0 saturated carbocycles. The number of hydrogen-bond acceptors (Lipinski definition) is 9. The van der Waals surface area contributed by atoms with Crippen LogP contribution in [0.2, 0.25) is 0 Å². The smallest absolute Gasteiger partial charge is 0.234 e. The molecule has 2 aliphatic rings. The van der Waals surface area contributed by atoms with E-state index in [4.69, 9.17) is 5.73 Å². The lowest BCUT2D eigenvalue weighted by Crippen LogP contribution is -2.38. The molecule has 1 aliphatic heterocycles. The second-order valence-electron chi connectivity index (χ2n) is 9.01. The standard InChI is InChI=1S/C27H22BrFN6O2S2/c1-14-9-10-19(17(28)11-14)32-22(37)13-38-27-34-33-26(39-27)35-20-7-4-8-21(36)24(20)23(16(12-30)25(35)31)15-5-2-3-6-18(15)29/h2-3,5-6,9-11,23H,4,7-8,13,31H2,1H3,(H,32,37). The summed E-state index contributed by atoms with van der Waals surface area (Å²) in [6.07, 6.45) is 1.42. The number of ketones is 1. The maximum atomic E-state index is 14.9. The van der Waals surface area contributed by atoms with E-state index < -0.39 is 11.7 Å². The Morgan fingerprint density at radius 1 is 1.31 bits per heavy atom. The first-order valence-electron chi connectivity index (χ1n) is 12.0. The summed E-state index contributed by atoms with van der Waals surface area (Å²) in [6.45, 7) is 1.96. The number of carbonyl (C=O) groups excluding carboxylic acids is 2. The molecule has 1 unspecified atom stereocenters. The van der Waals surface area contributed by atoms with Gasteiger partial charge in [-0.3, -0.25) is 14.5 Å². The lowest BCUT2D eigenvalue weighted by molar-refractivity contribution is -0.116. The third kappa shape index (κ3) is 5.34. The number of nitrogens with two attached hydrogens (primary N) is 1. The van der Waals surface area contributed by atoms with Gasteiger partial charge in [-0.1, -0.05) is 47.4 Å². The quantitative estimate of drug-likeness (QED) is 0.330. The van der Waals surface area contributed by atoms with E-state index >= 15 is 0 Å². The van der Waals surface area contributed by atoms with E-state index in [-0.39, 0.29) is 34.4 Å². The second-order valence-corrected chi connectivity index (χ2v) is 12.0. The van der Waals surface area contributed by atoms with Gasteiger partial charge in [0.15, 0.2) is 10.1 Å². The fourth-order valence-electron chi connectivity index (χ4n) is 4.71. The molecule has 39 heavy (non-hydrogen) atoms. The number of rotatable bonds is 6. The number of Topliss-reactive ketones (excluding diaryl/α,β-unsaturated/α-hetero) is 1. The van der Waals surface area contributed by atoms with Crippen molar-refractivity contribution in [1.82, 2.24) is 10.2 Å². The Labute approximate surface area is 240 Å². The molecular formula is C27H22BrFN6O2S2. The first kappa shape index (κ1) is 27.1. The highest BCUT2D eigenvalue weighted by Gasteiger charge is 2.42. The maximum Gasteiger partial charge on any atom is 0.234 e. The Hall–Kier alpha value is -3.53. The van der Waals surface area contributed by atoms with E-state index in [2.05, 4.69) is 37.5 Å². The number of aromatic nitrogens is 2. The molecule has 3 aromatic rings. The van der Waals surface area contributed by atoms with Crippen molar-refractivity contribution in [2.45, 2.75) is 36.4 Å². The zero-order chi connectivity index (χ0) is 27.7. The molecule has 5 rings (SSSR count). The highest BCUT2D eigenvalue weighted by Crippen LogP contribution is 2.47. The van der Waals surface area contributed by atoms with Crippen LogP contribution < -0.4 is 16.0 Å². The van der Waals surface area contributed by atoms with Gasteiger partial charge in [0.05, 0.1) is 29.0 Å². The summed E-state index contributed by atoms with van der Waals surface area (Å²) in [5.74, 6) is -1.55. The Kier molecular flexibility index (Phi) is 7.83. The van der Waals surface area contributed by atoms with E-state index in [1.165, 1.54) is 29.2 Å². The molecule has 12 heteroatoms. The number of benzene rings is 2. The van der Waals surface area contributed by atoms with Gasteiger partial charge in [-0.25, -0.2) is 4.39 Å². The van der Waals surface area contributed by atoms with Gasteiger partial charge in [0.25, 0.3) is 0 Å². The van der Waals surface area contributed by atoms with Gasteiger partial charge < -0.3 is 11.1 Å². The fourth-order valence-corrected chi connectivity index (χ4v) is 6.98. The zero-order valence-corrected chi connectivity index (χ0v) is 23.9. The predicted molar refractivity (Wildman–Crippen MR) is 152 cm³/mol. The van der Waals surface area contributed by atoms with Crippen molar-refractivity contribution >= 4 is 61.5 Å². The zero-order valence-electron chi connectivity index (χ0n) is 20.7. The van der Waals surface area contributed by atoms with Gasteiger partial charge in [0.2, 0.25) is 11.0 Å². The number of aryl methyl sites for hydroxylation is 1. The van der Waals surface area contributed by atoms with Crippen molar-refractivity contribution in [2.24, 2.45) is 5.73 Å². The Morgan fingerprint density at radius 2 is 2.10 bits per heavy atom. The van der Waals surface area contributed by atoms with Crippen LogP contribution in [0.5, 0.6) is 0 Å². The van der Waals surface area contributed by atoms with Crippen molar-refractivity contribution < 1.29 is 14.0 Å². The normalized spacial score (nSPS) is 17.2. The van der Waals surface area contributed by atoms with Crippen LogP contribution in [0, 0.1) is 24.1 Å². The average molecular weight is 626 g/mol. The van der Waals surface area contributed by atoms with Crippen LogP contribution in [0.25, 0.3) is 0 Å². The summed E-state index contributed by atoms with van der Waals surface area (Å²) >= 11 is 5.87. The maximum absolute atomic E-state index is 14.9. The van der Waals surface area contributed by atoms with Crippen LogP contribution in [0.3, 0.4) is 0 Å². The Morgan fingerprint density at radius 3 is 2.85 bits per heavy atom. The number of carbonyl (C=O) groups is 2. The predicted octanol–water partition coefficient (Wildman–Crippen LogP) is 5.78. The van der Waals surface area contributed by atoms with E-state index in [9.17, 15) is 19.2 Å². The van der Waals surface area contributed by atoms with E-state index in [1.54, 1.807) is 23.1 Å². The summed E-state index contributed by atoms with van der Waals surface area (Å²) in [5.41, 5.74) is 9.55. The number of amides is 1. The van der Waals surface area contributed by atoms with E-state index in [0.717, 1.165) is 10.0 Å². The summed E-state index contributed by atoms with van der Waals surface area (Å²) in [7, 11) is 0. The number of halogens is 2. The molecule has 1 amide bonds. The largest absolute Gasteiger partial charge is 0.384 e. The van der Waals surface area contributed by atoms with Crippen molar-refractivity contribution in [1.29, 1.82) is 5.26 Å². The highest BCUT2D eigenvalue weighted by atomic mass is 79.9. The molecule has 0 radical (unpaired) electrons. The molecule has 1 aromatic heterocycles. The molecule has 8 nitrogen and oxygen atoms in total.